The number of ether oxygens (including phenoxy) is 2. The Kier molecular flexibility index (Phi) is 8.77. The van der Waals surface area contributed by atoms with Crippen LogP contribution in [0.2, 0.25) is 0 Å². The predicted molar refractivity (Wildman–Crippen MR) is 92.5 cm³/mol. The van der Waals surface area contributed by atoms with Crippen molar-refractivity contribution in [2.45, 2.75) is 33.4 Å². The lowest BCUT2D eigenvalue weighted by atomic mass is 10.1. The van der Waals surface area contributed by atoms with Gasteiger partial charge in [-0.2, -0.15) is 0 Å². The Balaban J connectivity index is 0.000000745. The first kappa shape index (κ1) is 18.1. The van der Waals surface area contributed by atoms with Crippen molar-refractivity contribution >= 4 is 0 Å². The molecule has 3 heteroatoms. The summed E-state index contributed by atoms with van der Waals surface area (Å²) in [5.74, 6) is 1.66. The molecule has 0 saturated heterocycles. The van der Waals surface area contributed by atoms with Crippen molar-refractivity contribution in [3.05, 3.63) is 59.7 Å². The van der Waals surface area contributed by atoms with E-state index in [2.05, 4.69) is 31.3 Å². The summed E-state index contributed by atoms with van der Waals surface area (Å²) in [5.41, 5.74) is 2.40. The quantitative estimate of drug-likeness (QED) is 0.857. The van der Waals surface area contributed by atoms with E-state index in [-0.39, 0.29) is 0 Å². The largest absolute Gasteiger partial charge is 0.497 e. The molecule has 0 heterocycles. The molecule has 3 nitrogen and oxygen atoms in total. The first-order valence-electron chi connectivity index (χ1n) is 7.70. The molecule has 1 N–H and O–H groups in total. The minimum atomic E-state index is 0.766. The van der Waals surface area contributed by atoms with Crippen molar-refractivity contribution in [3.8, 4) is 11.5 Å². The van der Waals surface area contributed by atoms with E-state index in [0.29, 0.717) is 0 Å². The zero-order valence-corrected chi connectivity index (χ0v) is 14.1. The van der Waals surface area contributed by atoms with Crippen LogP contribution in [0.15, 0.2) is 48.5 Å². The van der Waals surface area contributed by atoms with E-state index in [1.807, 2.05) is 36.4 Å². The normalized spacial score (nSPS) is 9.64. The Hall–Kier alpha value is -2.00. The summed E-state index contributed by atoms with van der Waals surface area (Å²) in [7, 11) is 3.33. The van der Waals surface area contributed by atoms with Gasteiger partial charge >= 0.3 is 0 Å². The van der Waals surface area contributed by atoms with Crippen LogP contribution in [0.3, 0.4) is 0 Å². The molecule has 0 aliphatic heterocycles. The Bertz CT molecular complexity index is 526. The molecule has 2 aromatic rings. The van der Waals surface area contributed by atoms with Crippen molar-refractivity contribution < 1.29 is 9.47 Å². The van der Waals surface area contributed by atoms with Gasteiger partial charge in [-0.05, 0) is 11.6 Å². The molecular weight excluding hydrogens is 274 g/mol. The van der Waals surface area contributed by atoms with Crippen molar-refractivity contribution in [1.82, 2.24) is 5.32 Å². The summed E-state index contributed by atoms with van der Waals surface area (Å²) < 4.78 is 10.6. The Labute approximate surface area is 134 Å². The number of methoxy groups -OCH3 is 2. The molecule has 0 aliphatic rings. The average Bonchev–Trinajstić information content (AvgIpc) is 2.57. The third kappa shape index (κ3) is 6.19. The van der Waals surface area contributed by atoms with E-state index in [1.165, 1.54) is 12.0 Å². The second kappa shape index (κ2) is 10.7. The number of rotatable bonds is 6. The first-order valence-corrected chi connectivity index (χ1v) is 7.70. The maximum Gasteiger partial charge on any atom is 0.127 e. The lowest BCUT2D eigenvalue weighted by Gasteiger charge is -2.11. The van der Waals surface area contributed by atoms with Gasteiger partial charge in [-0.3, -0.25) is 0 Å². The summed E-state index contributed by atoms with van der Waals surface area (Å²) in [6.07, 6.45) is 1.25. The predicted octanol–water partition coefficient (Wildman–Crippen LogP) is 4.41. The zero-order valence-electron chi connectivity index (χ0n) is 14.1. The van der Waals surface area contributed by atoms with Crippen LogP contribution in [0.25, 0.3) is 0 Å². The zero-order chi connectivity index (χ0) is 16.2. The van der Waals surface area contributed by atoms with Gasteiger partial charge in [0.1, 0.15) is 11.5 Å². The lowest BCUT2D eigenvalue weighted by Crippen LogP contribution is -2.13. The van der Waals surface area contributed by atoms with Gasteiger partial charge in [0.15, 0.2) is 0 Å². The monoisotopic (exact) mass is 301 g/mol. The van der Waals surface area contributed by atoms with Crippen LogP contribution < -0.4 is 14.8 Å². The minimum Gasteiger partial charge on any atom is -0.497 e. The van der Waals surface area contributed by atoms with Gasteiger partial charge in [0.05, 0.1) is 14.2 Å². The molecule has 2 rings (SSSR count). The van der Waals surface area contributed by atoms with Crippen LogP contribution in [0.5, 0.6) is 11.5 Å². The summed E-state index contributed by atoms with van der Waals surface area (Å²) in [5, 5.41) is 3.41. The molecule has 0 spiro atoms. The van der Waals surface area contributed by atoms with Crippen molar-refractivity contribution in [2.75, 3.05) is 14.2 Å². The van der Waals surface area contributed by atoms with Gasteiger partial charge < -0.3 is 14.8 Å². The lowest BCUT2D eigenvalue weighted by molar-refractivity contribution is 0.390. The fraction of sp³-hybridized carbons (Fsp3) is 0.368. The van der Waals surface area contributed by atoms with E-state index in [4.69, 9.17) is 9.47 Å². The number of benzene rings is 2. The Morgan fingerprint density at radius 2 is 1.55 bits per heavy atom. The highest BCUT2D eigenvalue weighted by molar-refractivity contribution is 5.40. The third-order valence-corrected chi connectivity index (χ3v) is 2.98. The van der Waals surface area contributed by atoms with Crippen LogP contribution >= 0.6 is 0 Å². The number of hydrogen-bond acceptors (Lipinski definition) is 3. The second-order valence-electron chi connectivity index (χ2n) is 4.97. The van der Waals surface area contributed by atoms with Crippen LogP contribution in [0.1, 0.15) is 31.4 Å². The molecule has 0 unspecified atom stereocenters. The molecule has 0 aliphatic carbocycles. The van der Waals surface area contributed by atoms with Crippen molar-refractivity contribution in [2.24, 2.45) is 0 Å². The smallest absolute Gasteiger partial charge is 0.127 e. The number of hydrogen-bond donors (Lipinski definition) is 1. The van der Waals surface area contributed by atoms with Crippen LogP contribution in [0.4, 0.5) is 0 Å². The van der Waals surface area contributed by atoms with Crippen LogP contribution in [-0.2, 0) is 13.1 Å². The highest BCUT2D eigenvalue weighted by Gasteiger charge is 2.04. The van der Waals surface area contributed by atoms with Gasteiger partial charge in [0.25, 0.3) is 0 Å². The first-order chi connectivity index (χ1) is 10.7. The van der Waals surface area contributed by atoms with Gasteiger partial charge in [0.2, 0.25) is 0 Å². The molecule has 0 bridgehead atoms. The summed E-state index contributed by atoms with van der Waals surface area (Å²) in [6, 6.07) is 16.2. The summed E-state index contributed by atoms with van der Waals surface area (Å²) in [4.78, 5) is 0. The molecule has 0 aromatic heterocycles. The molecule has 0 amide bonds. The van der Waals surface area contributed by atoms with Gasteiger partial charge in [0, 0.05) is 24.7 Å². The van der Waals surface area contributed by atoms with Crippen LogP contribution in [0, 0.1) is 0 Å². The topological polar surface area (TPSA) is 30.5 Å². The molecule has 0 radical (unpaired) electrons. The molecule has 22 heavy (non-hydrogen) atoms. The van der Waals surface area contributed by atoms with E-state index >= 15 is 0 Å². The SMILES string of the molecule is CCC.COc1ccc(CNCc2ccccc2)c(OC)c1. The van der Waals surface area contributed by atoms with E-state index in [9.17, 15) is 0 Å². The average molecular weight is 301 g/mol. The van der Waals surface area contributed by atoms with Crippen molar-refractivity contribution in [1.29, 1.82) is 0 Å². The highest BCUT2D eigenvalue weighted by atomic mass is 16.5. The Morgan fingerprint density at radius 1 is 0.864 bits per heavy atom. The number of nitrogens with one attached hydrogen (secondary N) is 1. The molecular formula is C19H27NO2. The maximum absolute atomic E-state index is 5.37. The summed E-state index contributed by atoms with van der Waals surface area (Å²) >= 11 is 0. The standard InChI is InChI=1S/C16H19NO2.C3H8/c1-18-15-9-8-14(16(10-15)19-2)12-17-11-13-6-4-3-5-7-13;1-3-2/h3-10,17H,11-12H2,1-2H3;3H2,1-2H3. The fourth-order valence-corrected chi connectivity index (χ4v) is 1.94. The van der Waals surface area contributed by atoms with E-state index in [0.717, 1.165) is 30.2 Å². The third-order valence-electron chi connectivity index (χ3n) is 2.98. The van der Waals surface area contributed by atoms with E-state index in [1.54, 1.807) is 14.2 Å². The molecule has 0 fully saturated rings. The van der Waals surface area contributed by atoms with Gasteiger partial charge in [-0.1, -0.05) is 56.7 Å². The van der Waals surface area contributed by atoms with Crippen molar-refractivity contribution in [3.63, 3.8) is 0 Å². The van der Waals surface area contributed by atoms with Crippen LogP contribution in [-0.4, -0.2) is 14.2 Å². The van der Waals surface area contributed by atoms with Gasteiger partial charge in [-0.25, -0.2) is 0 Å². The molecule has 2 aromatic carbocycles. The highest BCUT2D eigenvalue weighted by Crippen LogP contribution is 2.24. The van der Waals surface area contributed by atoms with Gasteiger partial charge in [-0.15, -0.1) is 0 Å². The van der Waals surface area contributed by atoms with E-state index < -0.39 is 0 Å². The fourth-order valence-electron chi connectivity index (χ4n) is 1.94. The second-order valence-corrected chi connectivity index (χ2v) is 4.97. The molecule has 0 atom stereocenters. The Morgan fingerprint density at radius 3 is 2.14 bits per heavy atom. The molecule has 0 saturated carbocycles. The molecule has 120 valence electrons. The maximum atomic E-state index is 5.37. The minimum absolute atomic E-state index is 0.766. The summed E-state index contributed by atoms with van der Waals surface area (Å²) in [6.45, 7) is 5.86.